The third-order valence-electron chi connectivity index (χ3n) is 2.10. The predicted octanol–water partition coefficient (Wildman–Crippen LogP) is 1.17. The van der Waals surface area contributed by atoms with Crippen molar-refractivity contribution in [3.63, 3.8) is 0 Å². The minimum Gasteiger partial charge on any atom is -0.504 e. The normalized spacial score (nSPS) is 21.2. The van der Waals surface area contributed by atoms with Crippen LogP contribution in [-0.2, 0) is 0 Å². The van der Waals surface area contributed by atoms with E-state index >= 15 is 0 Å². The highest BCUT2D eigenvalue weighted by Gasteiger charge is 2.19. The topological polar surface area (TPSA) is 55.5 Å². The summed E-state index contributed by atoms with van der Waals surface area (Å²) in [7, 11) is 0. The first kappa shape index (κ1) is 7.43. The van der Waals surface area contributed by atoms with Crippen molar-refractivity contribution in [2.24, 2.45) is 5.73 Å². The van der Waals surface area contributed by atoms with Gasteiger partial charge in [-0.2, -0.15) is 0 Å². The first-order valence-corrected chi connectivity index (χ1v) is 3.99. The average Bonchev–Trinajstić information content (AvgIpc) is 2.07. The molecular formula is C9H11NO2. The first-order chi connectivity index (χ1) is 5.79. The van der Waals surface area contributed by atoms with Gasteiger partial charge in [-0.05, 0) is 6.07 Å². The number of ether oxygens (including phenoxy) is 1. The summed E-state index contributed by atoms with van der Waals surface area (Å²) in [5.74, 6) is 0.735. The lowest BCUT2D eigenvalue weighted by molar-refractivity contribution is 0.255. The number of fused-ring (bicyclic) bond motifs is 1. The monoisotopic (exact) mass is 165 g/mol. The molecule has 3 heteroatoms. The molecule has 0 spiro atoms. The van der Waals surface area contributed by atoms with Gasteiger partial charge in [-0.25, -0.2) is 0 Å². The lowest BCUT2D eigenvalue weighted by Gasteiger charge is -2.23. The Morgan fingerprint density at radius 2 is 2.33 bits per heavy atom. The van der Waals surface area contributed by atoms with E-state index in [1.807, 2.05) is 6.07 Å². The van der Waals surface area contributed by atoms with Gasteiger partial charge in [0.05, 0.1) is 6.61 Å². The standard InChI is InChI=1S/C9H11NO2/c10-7-4-5-12-9-6(7)2-1-3-8(9)11/h1-3,7,11H,4-5,10H2/t7-/m1/s1. The van der Waals surface area contributed by atoms with Crippen LogP contribution >= 0.6 is 0 Å². The summed E-state index contributed by atoms with van der Waals surface area (Å²) >= 11 is 0. The largest absolute Gasteiger partial charge is 0.504 e. The summed E-state index contributed by atoms with van der Waals surface area (Å²) in [6.07, 6.45) is 0.816. The Morgan fingerprint density at radius 1 is 1.50 bits per heavy atom. The summed E-state index contributed by atoms with van der Waals surface area (Å²) < 4.78 is 5.29. The maximum Gasteiger partial charge on any atom is 0.165 e. The fourth-order valence-electron chi connectivity index (χ4n) is 1.43. The predicted molar refractivity (Wildman–Crippen MR) is 45.1 cm³/mol. The van der Waals surface area contributed by atoms with Crippen molar-refractivity contribution in [3.05, 3.63) is 23.8 Å². The Kier molecular flexibility index (Phi) is 1.66. The number of hydrogen-bond donors (Lipinski definition) is 2. The number of benzene rings is 1. The molecule has 0 bridgehead atoms. The first-order valence-electron chi connectivity index (χ1n) is 3.99. The third kappa shape index (κ3) is 1.02. The summed E-state index contributed by atoms with van der Waals surface area (Å²) in [6.45, 7) is 0.589. The Morgan fingerprint density at radius 3 is 3.08 bits per heavy atom. The van der Waals surface area contributed by atoms with E-state index < -0.39 is 0 Å². The Balaban J connectivity index is 2.52. The molecular weight excluding hydrogens is 154 g/mol. The minimum absolute atomic E-state index is 0.000787. The summed E-state index contributed by atoms with van der Waals surface area (Å²) in [5, 5.41) is 9.39. The Bertz CT molecular complexity index is 299. The number of hydrogen-bond acceptors (Lipinski definition) is 3. The molecule has 1 heterocycles. The smallest absolute Gasteiger partial charge is 0.165 e. The van der Waals surface area contributed by atoms with Gasteiger partial charge in [-0.15, -0.1) is 0 Å². The molecule has 0 aromatic heterocycles. The van der Waals surface area contributed by atoms with Crippen molar-refractivity contribution < 1.29 is 9.84 Å². The van der Waals surface area contributed by atoms with Crippen LogP contribution in [0.1, 0.15) is 18.0 Å². The molecule has 64 valence electrons. The number of aromatic hydroxyl groups is 1. The molecule has 0 unspecified atom stereocenters. The molecule has 0 amide bonds. The molecule has 0 saturated carbocycles. The zero-order valence-electron chi connectivity index (χ0n) is 6.66. The fourth-order valence-corrected chi connectivity index (χ4v) is 1.43. The van der Waals surface area contributed by atoms with Gasteiger partial charge in [-0.1, -0.05) is 12.1 Å². The van der Waals surface area contributed by atoms with Crippen LogP contribution in [0.5, 0.6) is 11.5 Å². The highest BCUT2D eigenvalue weighted by Crippen LogP contribution is 2.37. The second-order valence-electron chi connectivity index (χ2n) is 2.94. The van der Waals surface area contributed by atoms with Crippen LogP contribution in [-0.4, -0.2) is 11.7 Å². The van der Waals surface area contributed by atoms with E-state index in [1.165, 1.54) is 0 Å². The molecule has 1 aliphatic heterocycles. The van der Waals surface area contributed by atoms with Crippen molar-refractivity contribution in [1.29, 1.82) is 0 Å². The van der Waals surface area contributed by atoms with Crippen molar-refractivity contribution in [2.45, 2.75) is 12.5 Å². The van der Waals surface area contributed by atoms with Gasteiger partial charge in [0, 0.05) is 18.0 Å². The van der Waals surface area contributed by atoms with Gasteiger partial charge in [-0.3, -0.25) is 0 Å². The van der Waals surface area contributed by atoms with Crippen LogP contribution in [0.4, 0.5) is 0 Å². The number of nitrogens with two attached hydrogens (primary N) is 1. The summed E-state index contributed by atoms with van der Waals surface area (Å²) in [5.41, 5.74) is 6.73. The van der Waals surface area contributed by atoms with Crippen molar-refractivity contribution in [1.82, 2.24) is 0 Å². The zero-order valence-corrected chi connectivity index (χ0v) is 6.66. The number of para-hydroxylation sites is 1. The van der Waals surface area contributed by atoms with E-state index in [4.69, 9.17) is 10.5 Å². The molecule has 0 fully saturated rings. The second-order valence-corrected chi connectivity index (χ2v) is 2.94. The van der Waals surface area contributed by atoms with Crippen LogP contribution < -0.4 is 10.5 Å². The van der Waals surface area contributed by atoms with Gasteiger partial charge in [0.2, 0.25) is 0 Å². The van der Waals surface area contributed by atoms with Crippen LogP contribution in [0, 0.1) is 0 Å². The summed E-state index contributed by atoms with van der Waals surface area (Å²) in [6, 6.07) is 5.28. The van der Waals surface area contributed by atoms with Crippen LogP contribution in [0.15, 0.2) is 18.2 Å². The molecule has 1 aromatic carbocycles. The molecule has 1 aromatic rings. The van der Waals surface area contributed by atoms with E-state index in [-0.39, 0.29) is 11.8 Å². The highest BCUT2D eigenvalue weighted by molar-refractivity contribution is 5.47. The Labute approximate surface area is 70.8 Å². The quantitative estimate of drug-likeness (QED) is 0.606. The molecule has 12 heavy (non-hydrogen) atoms. The minimum atomic E-state index is 0.000787. The van der Waals surface area contributed by atoms with E-state index in [0.29, 0.717) is 12.4 Å². The van der Waals surface area contributed by atoms with Gasteiger partial charge in [0.25, 0.3) is 0 Å². The molecule has 2 rings (SSSR count). The molecule has 0 saturated heterocycles. The highest BCUT2D eigenvalue weighted by atomic mass is 16.5. The molecule has 1 aliphatic rings. The average molecular weight is 165 g/mol. The maximum atomic E-state index is 9.39. The SMILES string of the molecule is N[C@@H]1CCOc2c(O)cccc21. The molecule has 1 atom stereocenters. The second kappa shape index (κ2) is 2.68. The van der Waals surface area contributed by atoms with Crippen LogP contribution in [0.2, 0.25) is 0 Å². The Hall–Kier alpha value is -1.22. The summed E-state index contributed by atoms with van der Waals surface area (Å²) in [4.78, 5) is 0. The fraction of sp³-hybridized carbons (Fsp3) is 0.333. The van der Waals surface area contributed by atoms with Gasteiger partial charge >= 0.3 is 0 Å². The van der Waals surface area contributed by atoms with Crippen molar-refractivity contribution in [2.75, 3.05) is 6.61 Å². The lowest BCUT2D eigenvalue weighted by Crippen LogP contribution is -2.20. The van der Waals surface area contributed by atoms with Gasteiger partial charge in [0.1, 0.15) is 0 Å². The van der Waals surface area contributed by atoms with Crippen LogP contribution in [0.3, 0.4) is 0 Å². The lowest BCUT2D eigenvalue weighted by atomic mass is 10.0. The van der Waals surface area contributed by atoms with E-state index in [2.05, 4.69) is 0 Å². The van der Waals surface area contributed by atoms with Gasteiger partial charge < -0.3 is 15.6 Å². The molecule has 0 radical (unpaired) electrons. The molecule has 3 nitrogen and oxygen atoms in total. The number of rotatable bonds is 0. The maximum absolute atomic E-state index is 9.39. The zero-order chi connectivity index (χ0) is 8.55. The van der Waals surface area contributed by atoms with Crippen molar-refractivity contribution >= 4 is 0 Å². The third-order valence-corrected chi connectivity index (χ3v) is 2.10. The van der Waals surface area contributed by atoms with E-state index in [9.17, 15) is 5.11 Å². The number of phenols is 1. The van der Waals surface area contributed by atoms with Gasteiger partial charge in [0.15, 0.2) is 11.5 Å². The number of phenolic OH excluding ortho intramolecular Hbond substituents is 1. The molecule has 3 N–H and O–H groups in total. The van der Waals surface area contributed by atoms with Crippen LogP contribution in [0.25, 0.3) is 0 Å². The molecule has 0 aliphatic carbocycles. The van der Waals surface area contributed by atoms with Crippen molar-refractivity contribution in [3.8, 4) is 11.5 Å². The van der Waals surface area contributed by atoms with E-state index in [0.717, 1.165) is 12.0 Å². The van der Waals surface area contributed by atoms with E-state index in [1.54, 1.807) is 12.1 Å².